The van der Waals surface area contributed by atoms with Gasteiger partial charge >= 0.3 is 0 Å². The number of carbonyl (C=O) groups is 1. The highest BCUT2D eigenvalue weighted by Crippen LogP contribution is 2.26. The highest BCUT2D eigenvalue weighted by molar-refractivity contribution is 6.30. The molecule has 0 aromatic heterocycles. The molecule has 1 amide bonds. The van der Waals surface area contributed by atoms with Gasteiger partial charge in [0.2, 0.25) is 5.91 Å². The summed E-state index contributed by atoms with van der Waals surface area (Å²) in [6.07, 6.45) is 3.67. The minimum absolute atomic E-state index is 0.0231. The van der Waals surface area contributed by atoms with Crippen molar-refractivity contribution in [2.45, 2.75) is 31.5 Å². The molecule has 5 heteroatoms. The number of hydrogen-bond donors (Lipinski definition) is 1. The molecule has 1 aromatic carbocycles. The number of likely N-dealkylation sites (N-methyl/N-ethyl adjacent to an activating group) is 1. The van der Waals surface area contributed by atoms with Gasteiger partial charge in [0.15, 0.2) is 0 Å². The first-order valence-electron chi connectivity index (χ1n) is 7.64. The lowest BCUT2D eigenvalue weighted by atomic mass is 10.0. The number of piperidine rings is 1. The predicted octanol–water partition coefficient (Wildman–Crippen LogP) is 2.25. The maximum atomic E-state index is 12.2. The predicted molar refractivity (Wildman–Crippen MR) is 84.2 cm³/mol. The molecule has 2 atom stereocenters. The monoisotopic (exact) mass is 307 g/mol. The van der Waals surface area contributed by atoms with Gasteiger partial charge in [-0.25, -0.2) is 0 Å². The van der Waals surface area contributed by atoms with Gasteiger partial charge < -0.3 is 9.80 Å². The molecule has 2 unspecified atom stereocenters. The summed E-state index contributed by atoms with van der Waals surface area (Å²) in [5.74, 6) is 0.189. The van der Waals surface area contributed by atoms with E-state index in [0.29, 0.717) is 12.6 Å². The van der Waals surface area contributed by atoms with Gasteiger partial charge in [0.25, 0.3) is 0 Å². The van der Waals surface area contributed by atoms with Gasteiger partial charge in [-0.15, -0.1) is 0 Å². The molecule has 0 radical (unpaired) electrons. The average Bonchev–Trinajstić information content (AvgIpc) is 2.84. The van der Waals surface area contributed by atoms with Crippen molar-refractivity contribution in [2.75, 3.05) is 26.7 Å². The van der Waals surface area contributed by atoms with Crippen molar-refractivity contribution < 1.29 is 4.79 Å². The standard InChI is InChI=1S/C16H22ClN3O/c1-19-9-3-2-4-14(19)11-20-15(21)10-18-16(20)12-5-7-13(17)8-6-12/h5-8,14,16,18H,2-4,9-11H2,1H3. The molecular weight excluding hydrogens is 286 g/mol. The number of likely N-dealkylation sites (tertiary alicyclic amines) is 1. The topological polar surface area (TPSA) is 35.6 Å². The van der Waals surface area contributed by atoms with Crippen LogP contribution in [-0.2, 0) is 4.79 Å². The second-order valence-corrected chi connectivity index (χ2v) is 6.45. The number of amides is 1. The molecule has 2 saturated heterocycles. The molecule has 0 spiro atoms. The smallest absolute Gasteiger partial charge is 0.238 e. The Kier molecular flexibility index (Phi) is 4.48. The molecule has 114 valence electrons. The Hall–Kier alpha value is -1.10. The first-order chi connectivity index (χ1) is 10.1. The molecule has 0 bridgehead atoms. The summed E-state index contributed by atoms with van der Waals surface area (Å²) < 4.78 is 0. The zero-order valence-corrected chi connectivity index (χ0v) is 13.1. The Morgan fingerprint density at radius 3 is 2.76 bits per heavy atom. The average molecular weight is 308 g/mol. The van der Waals surface area contributed by atoms with Crippen molar-refractivity contribution in [3.05, 3.63) is 34.9 Å². The highest BCUT2D eigenvalue weighted by atomic mass is 35.5. The van der Waals surface area contributed by atoms with Crippen LogP contribution >= 0.6 is 11.6 Å². The van der Waals surface area contributed by atoms with Crippen LogP contribution in [0.25, 0.3) is 0 Å². The van der Waals surface area contributed by atoms with Crippen molar-refractivity contribution in [1.29, 1.82) is 0 Å². The molecule has 1 N–H and O–H groups in total. The van der Waals surface area contributed by atoms with Gasteiger partial charge in [-0.1, -0.05) is 30.2 Å². The van der Waals surface area contributed by atoms with Gasteiger partial charge in [0.1, 0.15) is 6.17 Å². The maximum absolute atomic E-state index is 12.2. The summed E-state index contributed by atoms with van der Waals surface area (Å²) in [6.45, 7) is 2.35. The lowest BCUT2D eigenvalue weighted by Crippen LogP contribution is -2.46. The van der Waals surface area contributed by atoms with Gasteiger partial charge in [0.05, 0.1) is 6.54 Å². The third-order valence-electron chi connectivity index (χ3n) is 4.59. The Bertz CT molecular complexity index is 505. The molecule has 2 fully saturated rings. The number of benzene rings is 1. The quantitative estimate of drug-likeness (QED) is 0.930. The van der Waals surface area contributed by atoms with E-state index in [1.807, 2.05) is 29.2 Å². The van der Waals surface area contributed by atoms with E-state index in [0.717, 1.165) is 23.7 Å². The summed E-state index contributed by atoms with van der Waals surface area (Å²) in [7, 11) is 2.16. The number of rotatable bonds is 3. The largest absolute Gasteiger partial charge is 0.320 e. The van der Waals surface area contributed by atoms with Crippen LogP contribution in [-0.4, -0.2) is 48.4 Å². The molecule has 3 rings (SSSR count). The summed E-state index contributed by atoms with van der Waals surface area (Å²) >= 11 is 5.95. The van der Waals surface area contributed by atoms with Crippen LogP contribution < -0.4 is 5.32 Å². The lowest BCUT2D eigenvalue weighted by Gasteiger charge is -2.36. The Morgan fingerprint density at radius 2 is 2.05 bits per heavy atom. The Balaban J connectivity index is 1.74. The second-order valence-electron chi connectivity index (χ2n) is 6.01. The third kappa shape index (κ3) is 3.23. The number of nitrogens with zero attached hydrogens (tertiary/aromatic N) is 2. The number of halogens is 1. The minimum Gasteiger partial charge on any atom is -0.320 e. The fraction of sp³-hybridized carbons (Fsp3) is 0.562. The fourth-order valence-electron chi connectivity index (χ4n) is 3.29. The third-order valence-corrected chi connectivity index (χ3v) is 4.85. The van der Waals surface area contributed by atoms with Gasteiger partial charge in [-0.2, -0.15) is 0 Å². The number of hydrogen-bond acceptors (Lipinski definition) is 3. The summed E-state index contributed by atoms with van der Waals surface area (Å²) in [5, 5.41) is 4.04. The normalized spacial score (nSPS) is 27.3. The molecule has 2 aliphatic rings. The first-order valence-corrected chi connectivity index (χ1v) is 8.01. The molecule has 0 aliphatic carbocycles. The van der Waals surface area contributed by atoms with Crippen LogP contribution in [0.5, 0.6) is 0 Å². The minimum atomic E-state index is -0.0231. The molecule has 2 aliphatic heterocycles. The molecule has 4 nitrogen and oxygen atoms in total. The zero-order chi connectivity index (χ0) is 14.8. The summed E-state index contributed by atoms with van der Waals surface area (Å²) in [5.41, 5.74) is 1.10. The summed E-state index contributed by atoms with van der Waals surface area (Å²) in [4.78, 5) is 16.6. The van der Waals surface area contributed by atoms with E-state index in [4.69, 9.17) is 11.6 Å². The number of carbonyl (C=O) groups excluding carboxylic acids is 1. The lowest BCUT2D eigenvalue weighted by molar-refractivity contribution is -0.129. The maximum Gasteiger partial charge on any atom is 0.238 e. The van der Waals surface area contributed by atoms with Crippen molar-refractivity contribution in [3.8, 4) is 0 Å². The van der Waals surface area contributed by atoms with E-state index < -0.39 is 0 Å². The van der Waals surface area contributed by atoms with Crippen LogP contribution in [0.15, 0.2) is 24.3 Å². The Morgan fingerprint density at radius 1 is 1.29 bits per heavy atom. The highest BCUT2D eigenvalue weighted by Gasteiger charge is 2.34. The van der Waals surface area contributed by atoms with Crippen LogP contribution in [0.4, 0.5) is 0 Å². The van der Waals surface area contributed by atoms with E-state index in [1.165, 1.54) is 19.3 Å². The first kappa shape index (κ1) is 14.8. The van der Waals surface area contributed by atoms with Gasteiger partial charge in [-0.3, -0.25) is 10.1 Å². The molecule has 0 saturated carbocycles. The van der Waals surface area contributed by atoms with E-state index >= 15 is 0 Å². The van der Waals surface area contributed by atoms with Crippen molar-refractivity contribution in [1.82, 2.24) is 15.1 Å². The van der Waals surface area contributed by atoms with Crippen molar-refractivity contribution in [2.24, 2.45) is 0 Å². The summed E-state index contributed by atoms with van der Waals surface area (Å²) in [6, 6.07) is 8.22. The molecule has 1 aromatic rings. The van der Waals surface area contributed by atoms with E-state index in [9.17, 15) is 4.79 Å². The number of nitrogens with one attached hydrogen (secondary N) is 1. The van der Waals surface area contributed by atoms with E-state index in [2.05, 4.69) is 17.3 Å². The molecular formula is C16H22ClN3O. The SMILES string of the molecule is CN1CCCCC1CN1C(=O)CNC1c1ccc(Cl)cc1. The van der Waals surface area contributed by atoms with Gasteiger partial charge in [-0.05, 0) is 44.1 Å². The zero-order valence-electron chi connectivity index (χ0n) is 12.4. The van der Waals surface area contributed by atoms with Gasteiger partial charge in [0, 0.05) is 17.6 Å². The van der Waals surface area contributed by atoms with Crippen molar-refractivity contribution in [3.63, 3.8) is 0 Å². The molecule has 21 heavy (non-hydrogen) atoms. The van der Waals surface area contributed by atoms with Crippen molar-refractivity contribution >= 4 is 17.5 Å². The Labute approximate surface area is 131 Å². The molecule has 2 heterocycles. The van der Waals surface area contributed by atoms with Crippen LogP contribution in [0.1, 0.15) is 31.0 Å². The van der Waals surface area contributed by atoms with E-state index in [-0.39, 0.29) is 12.1 Å². The van der Waals surface area contributed by atoms with Crippen LogP contribution in [0.2, 0.25) is 5.02 Å². The fourth-order valence-corrected chi connectivity index (χ4v) is 3.42. The van der Waals surface area contributed by atoms with Crippen LogP contribution in [0.3, 0.4) is 0 Å². The van der Waals surface area contributed by atoms with E-state index in [1.54, 1.807) is 0 Å². The van der Waals surface area contributed by atoms with Crippen LogP contribution in [0, 0.1) is 0 Å². The second kappa shape index (κ2) is 6.34.